The summed E-state index contributed by atoms with van der Waals surface area (Å²) in [4.78, 5) is 13.1. The minimum atomic E-state index is -4.01. The quantitative estimate of drug-likeness (QED) is 0.442. The Hall–Kier alpha value is -3.21. The molecule has 1 N–H and O–H groups in total. The summed E-state index contributed by atoms with van der Waals surface area (Å²) in [6, 6.07) is 20.6. The Morgan fingerprint density at radius 1 is 0.771 bits per heavy atom. The van der Waals surface area contributed by atoms with E-state index < -0.39 is 32.5 Å². The van der Waals surface area contributed by atoms with E-state index in [9.17, 15) is 21.6 Å². The van der Waals surface area contributed by atoms with E-state index in [1.807, 2.05) is 13.0 Å². The second-order valence-electron chi connectivity index (χ2n) is 7.83. The van der Waals surface area contributed by atoms with E-state index in [0.717, 1.165) is 9.87 Å². The maximum Gasteiger partial charge on any atom is 0.264 e. The highest BCUT2D eigenvalue weighted by Gasteiger charge is 2.27. The fourth-order valence-corrected chi connectivity index (χ4v) is 6.46. The highest BCUT2D eigenvalue weighted by atomic mass is 32.2. The number of sulfonamides is 2. The number of aryl methyl sites for hydroxylation is 1. The van der Waals surface area contributed by atoms with Crippen LogP contribution in [0.4, 0.5) is 11.4 Å². The van der Waals surface area contributed by atoms with Crippen LogP contribution < -0.4 is 9.62 Å². The number of amides is 1. The molecule has 1 amide bonds. The topological polar surface area (TPSA) is 104 Å². The number of benzene rings is 3. The third kappa shape index (κ3) is 6.08. The van der Waals surface area contributed by atoms with E-state index in [4.69, 9.17) is 0 Å². The van der Waals surface area contributed by atoms with Crippen LogP contribution in [0.3, 0.4) is 0 Å². The molecule has 0 spiro atoms. The smallest absolute Gasteiger partial charge is 0.264 e. The van der Waals surface area contributed by atoms with E-state index in [1.165, 1.54) is 40.7 Å². The molecule has 0 aromatic heterocycles. The van der Waals surface area contributed by atoms with Gasteiger partial charge in [0.25, 0.3) is 10.0 Å². The SMILES string of the molecule is CCN(CC)S(=O)(=O)c1ccc(NC(=O)CN(c2cccc(C)c2)S(=O)(=O)c2ccccc2)cc1. The van der Waals surface area contributed by atoms with Crippen molar-refractivity contribution in [3.63, 3.8) is 0 Å². The van der Waals surface area contributed by atoms with Gasteiger partial charge in [-0.1, -0.05) is 44.2 Å². The van der Waals surface area contributed by atoms with Gasteiger partial charge in [0.2, 0.25) is 15.9 Å². The first-order chi connectivity index (χ1) is 16.6. The molecule has 0 heterocycles. The predicted molar refractivity (Wildman–Crippen MR) is 137 cm³/mol. The summed E-state index contributed by atoms with van der Waals surface area (Å²) in [5.41, 5.74) is 1.57. The molecule has 10 heteroatoms. The number of hydrogen-bond acceptors (Lipinski definition) is 5. The van der Waals surface area contributed by atoms with Gasteiger partial charge < -0.3 is 5.32 Å². The molecule has 0 saturated heterocycles. The Morgan fingerprint density at radius 3 is 1.94 bits per heavy atom. The molecule has 0 radical (unpaired) electrons. The summed E-state index contributed by atoms with van der Waals surface area (Å²) in [6.07, 6.45) is 0. The third-order valence-electron chi connectivity index (χ3n) is 5.39. The molecular weight excluding hydrogens is 486 g/mol. The Labute approximate surface area is 207 Å². The van der Waals surface area contributed by atoms with Crippen LogP contribution in [0.15, 0.2) is 88.7 Å². The van der Waals surface area contributed by atoms with Crippen molar-refractivity contribution < 1.29 is 21.6 Å². The third-order valence-corrected chi connectivity index (χ3v) is 9.24. The molecule has 35 heavy (non-hydrogen) atoms. The number of nitrogens with zero attached hydrogens (tertiary/aromatic N) is 2. The van der Waals surface area contributed by atoms with E-state index in [0.29, 0.717) is 24.5 Å². The first kappa shape index (κ1) is 26.4. The predicted octanol–water partition coefficient (Wildman–Crippen LogP) is 3.86. The summed E-state index contributed by atoms with van der Waals surface area (Å²) < 4.78 is 54.5. The second kappa shape index (κ2) is 11.0. The Bertz CT molecular complexity index is 1370. The molecule has 0 aliphatic rings. The molecule has 8 nitrogen and oxygen atoms in total. The fourth-order valence-electron chi connectivity index (χ4n) is 3.57. The maximum absolute atomic E-state index is 13.4. The highest BCUT2D eigenvalue weighted by Crippen LogP contribution is 2.25. The van der Waals surface area contributed by atoms with E-state index >= 15 is 0 Å². The Balaban J connectivity index is 1.85. The molecule has 186 valence electrons. The van der Waals surface area contributed by atoms with Crippen molar-refractivity contribution in [2.45, 2.75) is 30.6 Å². The Morgan fingerprint density at radius 2 is 1.37 bits per heavy atom. The monoisotopic (exact) mass is 515 g/mol. The van der Waals surface area contributed by atoms with Crippen molar-refractivity contribution in [3.8, 4) is 0 Å². The van der Waals surface area contributed by atoms with E-state index in [1.54, 1.807) is 50.2 Å². The number of nitrogens with one attached hydrogen (secondary N) is 1. The standard InChI is InChI=1S/C25H29N3O5S2/c1-4-27(5-2)34(30,31)24-16-14-21(15-17-24)26-25(29)19-28(22-11-9-10-20(3)18-22)35(32,33)23-12-7-6-8-13-23/h6-18H,4-5,19H2,1-3H3,(H,26,29). The van der Waals surface area contributed by atoms with Crippen LogP contribution in [-0.4, -0.2) is 46.7 Å². The van der Waals surface area contributed by atoms with Gasteiger partial charge in [-0.3, -0.25) is 9.10 Å². The second-order valence-corrected chi connectivity index (χ2v) is 11.6. The van der Waals surface area contributed by atoms with Crippen molar-refractivity contribution in [2.24, 2.45) is 0 Å². The van der Waals surface area contributed by atoms with Crippen LogP contribution in [0.1, 0.15) is 19.4 Å². The van der Waals surface area contributed by atoms with Gasteiger partial charge in [-0.05, 0) is 61.0 Å². The lowest BCUT2D eigenvalue weighted by Gasteiger charge is -2.24. The first-order valence-electron chi connectivity index (χ1n) is 11.1. The molecule has 3 aromatic rings. The van der Waals surface area contributed by atoms with Crippen LogP contribution in [0.5, 0.6) is 0 Å². The van der Waals surface area contributed by atoms with Gasteiger partial charge in [0.05, 0.1) is 15.5 Å². The summed E-state index contributed by atoms with van der Waals surface area (Å²) in [6.45, 7) is 5.60. The number of carbonyl (C=O) groups excluding carboxylic acids is 1. The van der Waals surface area contributed by atoms with Crippen LogP contribution >= 0.6 is 0 Å². The molecule has 3 aromatic carbocycles. The van der Waals surface area contributed by atoms with Gasteiger partial charge in [-0.2, -0.15) is 4.31 Å². The van der Waals surface area contributed by atoms with Gasteiger partial charge in [0.1, 0.15) is 6.54 Å². The molecule has 0 fully saturated rings. The molecule has 0 atom stereocenters. The van der Waals surface area contributed by atoms with Gasteiger partial charge in [-0.25, -0.2) is 16.8 Å². The van der Waals surface area contributed by atoms with Crippen molar-refractivity contribution >= 4 is 37.3 Å². The number of rotatable bonds is 10. The van der Waals surface area contributed by atoms with Gasteiger partial charge in [0.15, 0.2) is 0 Å². The van der Waals surface area contributed by atoms with Crippen molar-refractivity contribution in [1.82, 2.24) is 4.31 Å². The van der Waals surface area contributed by atoms with E-state index in [-0.39, 0.29) is 9.79 Å². The van der Waals surface area contributed by atoms with E-state index in [2.05, 4.69) is 5.32 Å². The normalized spacial score (nSPS) is 11.9. The summed E-state index contributed by atoms with van der Waals surface area (Å²) >= 11 is 0. The maximum atomic E-state index is 13.4. The molecule has 0 saturated carbocycles. The number of carbonyl (C=O) groups is 1. The zero-order valence-electron chi connectivity index (χ0n) is 19.9. The van der Waals surface area contributed by atoms with Crippen molar-refractivity contribution in [3.05, 3.63) is 84.4 Å². The van der Waals surface area contributed by atoms with Crippen LogP contribution in [-0.2, 0) is 24.8 Å². The summed E-state index contributed by atoms with van der Waals surface area (Å²) in [7, 11) is -7.63. The van der Waals surface area contributed by atoms with Gasteiger partial charge in [0, 0.05) is 18.8 Å². The first-order valence-corrected chi connectivity index (χ1v) is 14.0. The largest absolute Gasteiger partial charge is 0.325 e. The van der Waals surface area contributed by atoms with Crippen molar-refractivity contribution in [1.29, 1.82) is 0 Å². The molecule has 0 unspecified atom stereocenters. The van der Waals surface area contributed by atoms with Crippen molar-refractivity contribution in [2.75, 3.05) is 29.3 Å². The average molecular weight is 516 g/mol. The Kier molecular flexibility index (Phi) is 8.31. The molecule has 0 aliphatic heterocycles. The lowest BCUT2D eigenvalue weighted by Crippen LogP contribution is -2.38. The van der Waals surface area contributed by atoms with Crippen LogP contribution in [0.25, 0.3) is 0 Å². The van der Waals surface area contributed by atoms with Crippen LogP contribution in [0.2, 0.25) is 0 Å². The zero-order chi connectivity index (χ0) is 25.6. The molecular formula is C25H29N3O5S2. The lowest BCUT2D eigenvalue weighted by molar-refractivity contribution is -0.114. The fraction of sp³-hybridized carbons (Fsp3) is 0.240. The lowest BCUT2D eigenvalue weighted by atomic mass is 10.2. The number of anilines is 2. The average Bonchev–Trinajstić information content (AvgIpc) is 2.84. The number of hydrogen-bond donors (Lipinski definition) is 1. The minimum Gasteiger partial charge on any atom is -0.325 e. The molecule has 0 aliphatic carbocycles. The minimum absolute atomic E-state index is 0.0697. The van der Waals surface area contributed by atoms with Gasteiger partial charge >= 0.3 is 0 Å². The van der Waals surface area contributed by atoms with Gasteiger partial charge in [-0.15, -0.1) is 0 Å². The van der Waals surface area contributed by atoms with Crippen LogP contribution in [0, 0.1) is 6.92 Å². The molecule has 0 bridgehead atoms. The summed E-state index contributed by atoms with van der Waals surface area (Å²) in [5.74, 6) is -0.564. The molecule has 3 rings (SSSR count). The zero-order valence-corrected chi connectivity index (χ0v) is 21.5. The highest BCUT2D eigenvalue weighted by molar-refractivity contribution is 7.92. The summed E-state index contributed by atoms with van der Waals surface area (Å²) in [5, 5.41) is 2.66.